The van der Waals surface area contributed by atoms with Gasteiger partial charge in [0.25, 0.3) is 15.8 Å². The van der Waals surface area contributed by atoms with Crippen molar-refractivity contribution >= 4 is 27.7 Å². The molecule has 0 aliphatic carbocycles. The van der Waals surface area contributed by atoms with Crippen LogP contribution >= 0.6 is 0 Å². The second-order valence-corrected chi connectivity index (χ2v) is 7.01. The summed E-state index contributed by atoms with van der Waals surface area (Å²) in [5.74, 6) is -2.74. The van der Waals surface area contributed by atoms with Crippen LogP contribution in [-0.4, -0.2) is 42.2 Å². The average Bonchev–Trinajstić information content (AvgIpc) is 2.56. The molecule has 10 nitrogen and oxygen atoms in total. The number of nitro groups is 1. The first kappa shape index (κ1) is 21.5. The molecule has 1 atom stereocenters. The summed E-state index contributed by atoms with van der Waals surface area (Å²) in [5, 5.41) is 10.9. The maximum atomic E-state index is 11.7. The summed E-state index contributed by atoms with van der Waals surface area (Å²) in [5.41, 5.74) is 0.0969. The molecule has 1 rings (SSSR count). The molecule has 0 amide bonds. The topological polar surface area (TPSA) is 150 Å². The normalized spacial score (nSPS) is 12.2. The summed E-state index contributed by atoms with van der Waals surface area (Å²) in [7, 11) is -4.21. The van der Waals surface area contributed by atoms with E-state index >= 15 is 0 Å². The largest absolute Gasteiger partial charge is 0.464 e. The number of rotatable bonds is 10. The predicted octanol–water partition coefficient (Wildman–Crippen LogP) is 1.49. The van der Waals surface area contributed by atoms with E-state index in [1.807, 2.05) is 0 Å². The second-order valence-electron chi connectivity index (χ2n) is 5.44. The minimum Gasteiger partial charge on any atom is -0.464 e. The Kier molecular flexibility index (Phi) is 8.13. The third kappa shape index (κ3) is 8.03. The number of para-hydroxylation sites is 1. The first-order valence-corrected chi connectivity index (χ1v) is 9.21. The van der Waals surface area contributed by atoms with Gasteiger partial charge in [0.15, 0.2) is 0 Å². The fourth-order valence-electron chi connectivity index (χ4n) is 1.88. The highest BCUT2D eigenvalue weighted by atomic mass is 32.2. The van der Waals surface area contributed by atoms with Crippen molar-refractivity contribution in [1.82, 2.24) is 0 Å². The van der Waals surface area contributed by atoms with Gasteiger partial charge in [0.1, 0.15) is 19.0 Å². The molecule has 144 valence electrons. The molecule has 0 fully saturated rings. The molecule has 0 aliphatic heterocycles. The molecule has 11 heteroatoms. The Balaban J connectivity index is 2.38. The molecule has 0 bridgehead atoms. The number of hydrogen-bond donors (Lipinski definition) is 1. The first-order chi connectivity index (χ1) is 12.1. The fraction of sp³-hybridized carbons (Fsp3) is 0.467. The summed E-state index contributed by atoms with van der Waals surface area (Å²) in [6.45, 7) is 0.748. The highest BCUT2D eigenvalue weighted by Gasteiger charge is 2.19. The van der Waals surface area contributed by atoms with Crippen molar-refractivity contribution in [1.29, 1.82) is 0 Å². The lowest BCUT2D eigenvalue weighted by Crippen LogP contribution is -2.20. The highest BCUT2D eigenvalue weighted by Crippen LogP contribution is 2.19. The smallest absolute Gasteiger partial charge is 0.308 e. The summed E-state index contributed by atoms with van der Waals surface area (Å²) >= 11 is 0. The van der Waals surface area contributed by atoms with Crippen LogP contribution in [0.25, 0.3) is 0 Å². The summed E-state index contributed by atoms with van der Waals surface area (Å²) in [4.78, 5) is 33.6. The lowest BCUT2D eigenvalue weighted by molar-refractivity contribution is -0.385. The van der Waals surface area contributed by atoms with Crippen LogP contribution in [0, 0.1) is 16.0 Å². The van der Waals surface area contributed by atoms with Gasteiger partial charge in [0, 0.05) is 12.5 Å². The third-order valence-corrected chi connectivity index (χ3v) is 4.03. The zero-order valence-electron chi connectivity index (χ0n) is 14.0. The Hall–Kier alpha value is -2.53. The maximum Gasteiger partial charge on any atom is 0.308 e. The van der Waals surface area contributed by atoms with Gasteiger partial charge in [-0.25, -0.2) is 0 Å². The molecular weight excluding hydrogens is 370 g/mol. The van der Waals surface area contributed by atoms with Crippen LogP contribution in [0.1, 0.15) is 25.3 Å². The van der Waals surface area contributed by atoms with Crippen LogP contribution in [0.4, 0.5) is 5.69 Å². The molecular formula is C15H19NO9S. The molecule has 1 aromatic carbocycles. The average molecular weight is 389 g/mol. The van der Waals surface area contributed by atoms with Crippen molar-refractivity contribution in [2.75, 3.05) is 12.4 Å². The minimum absolute atomic E-state index is 0.0976. The van der Waals surface area contributed by atoms with E-state index in [4.69, 9.17) is 9.29 Å². The van der Waals surface area contributed by atoms with E-state index in [0.717, 1.165) is 0 Å². The number of ether oxygens (including phenoxy) is 2. The van der Waals surface area contributed by atoms with Crippen molar-refractivity contribution in [2.24, 2.45) is 5.92 Å². The quantitative estimate of drug-likeness (QED) is 0.271. The molecule has 1 unspecified atom stereocenters. The van der Waals surface area contributed by atoms with Gasteiger partial charge in [-0.1, -0.05) is 19.1 Å². The molecule has 0 saturated carbocycles. The van der Waals surface area contributed by atoms with E-state index in [9.17, 15) is 28.1 Å². The molecule has 0 aliphatic rings. The first-order valence-electron chi connectivity index (χ1n) is 7.60. The van der Waals surface area contributed by atoms with Crippen molar-refractivity contribution in [3.8, 4) is 0 Å². The fourth-order valence-corrected chi connectivity index (χ4v) is 2.18. The van der Waals surface area contributed by atoms with Gasteiger partial charge >= 0.3 is 11.9 Å². The molecule has 0 heterocycles. The van der Waals surface area contributed by atoms with Crippen LogP contribution in [0.2, 0.25) is 0 Å². The zero-order valence-corrected chi connectivity index (χ0v) is 14.8. The van der Waals surface area contributed by atoms with Crippen LogP contribution in [-0.2, 0) is 35.8 Å². The molecule has 1 aromatic rings. The van der Waals surface area contributed by atoms with Gasteiger partial charge in [-0.2, -0.15) is 8.42 Å². The lowest BCUT2D eigenvalue weighted by Gasteiger charge is -2.11. The number of esters is 2. The number of nitrogens with zero attached hydrogens (tertiary/aromatic N) is 1. The van der Waals surface area contributed by atoms with Gasteiger partial charge in [-0.3, -0.25) is 24.3 Å². The van der Waals surface area contributed by atoms with Gasteiger partial charge in [0.05, 0.1) is 16.4 Å². The van der Waals surface area contributed by atoms with Crippen LogP contribution in [0.15, 0.2) is 24.3 Å². The molecule has 0 radical (unpaired) electrons. The monoisotopic (exact) mass is 389 g/mol. The Labute approximate surface area is 150 Å². The molecule has 0 spiro atoms. The minimum atomic E-state index is -4.21. The Morgan fingerprint density at radius 2 is 1.92 bits per heavy atom. The summed E-state index contributed by atoms with van der Waals surface area (Å²) in [6, 6.07) is 5.86. The van der Waals surface area contributed by atoms with E-state index < -0.39 is 45.3 Å². The predicted molar refractivity (Wildman–Crippen MR) is 88.7 cm³/mol. The number of nitro benzene ring substituents is 1. The van der Waals surface area contributed by atoms with Crippen molar-refractivity contribution < 1.29 is 37.0 Å². The van der Waals surface area contributed by atoms with E-state index in [1.165, 1.54) is 25.1 Å². The zero-order chi connectivity index (χ0) is 19.7. The second kappa shape index (κ2) is 9.82. The van der Waals surface area contributed by atoms with Crippen molar-refractivity contribution in [2.45, 2.75) is 26.4 Å². The molecule has 26 heavy (non-hydrogen) atoms. The Morgan fingerprint density at radius 3 is 2.54 bits per heavy atom. The van der Waals surface area contributed by atoms with E-state index in [2.05, 4.69) is 4.74 Å². The van der Waals surface area contributed by atoms with Crippen LogP contribution in [0.5, 0.6) is 0 Å². The van der Waals surface area contributed by atoms with Crippen molar-refractivity contribution in [3.63, 3.8) is 0 Å². The number of hydrogen-bond acceptors (Lipinski definition) is 8. The standard InChI is InChI=1S/C15H19NO9S/c1-11(15(18)24-8-9-26(21,22)23)6-7-14(17)25-10-12-4-2-3-5-13(12)16(19)20/h2-5,11H,6-10H2,1H3,(H,21,22,23). The Morgan fingerprint density at radius 1 is 1.27 bits per heavy atom. The van der Waals surface area contributed by atoms with Crippen LogP contribution < -0.4 is 0 Å². The third-order valence-electron chi connectivity index (χ3n) is 3.35. The highest BCUT2D eigenvalue weighted by molar-refractivity contribution is 7.85. The van der Waals surface area contributed by atoms with E-state index in [-0.39, 0.29) is 30.7 Å². The van der Waals surface area contributed by atoms with E-state index in [1.54, 1.807) is 6.07 Å². The van der Waals surface area contributed by atoms with E-state index in [0.29, 0.717) is 0 Å². The van der Waals surface area contributed by atoms with Gasteiger partial charge in [-0.15, -0.1) is 0 Å². The number of carbonyl (C=O) groups is 2. The van der Waals surface area contributed by atoms with Gasteiger partial charge in [0.2, 0.25) is 0 Å². The molecule has 0 aromatic heterocycles. The molecule has 0 saturated heterocycles. The van der Waals surface area contributed by atoms with Gasteiger partial charge in [-0.05, 0) is 12.5 Å². The maximum absolute atomic E-state index is 11.7. The molecule has 1 N–H and O–H groups in total. The van der Waals surface area contributed by atoms with Crippen molar-refractivity contribution in [3.05, 3.63) is 39.9 Å². The lowest BCUT2D eigenvalue weighted by atomic mass is 10.1. The SMILES string of the molecule is CC(CCC(=O)OCc1ccccc1[N+](=O)[O-])C(=O)OCCS(=O)(=O)O. The summed E-state index contributed by atoms with van der Waals surface area (Å²) < 4.78 is 39.2. The summed E-state index contributed by atoms with van der Waals surface area (Å²) in [6.07, 6.45) is -0.0182. The Bertz CT molecular complexity index is 760. The van der Waals surface area contributed by atoms with Gasteiger partial charge < -0.3 is 9.47 Å². The number of carbonyl (C=O) groups excluding carboxylic acids is 2. The number of benzene rings is 1. The van der Waals surface area contributed by atoms with Crippen LogP contribution in [0.3, 0.4) is 0 Å².